The van der Waals surface area contributed by atoms with Gasteiger partial charge in [-0.1, -0.05) is 57.2 Å². The third-order valence-corrected chi connectivity index (χ3v) is 8.02. The largest absolute Gasteiger partial charge is 0.462 e. The minimum Gasteiger partial charge on any atom is -0.462 e. The fraction of sp³-hybridized carbons (Fsp3) is 0.486. The predicted octanol–water partition coefficient (Wildman–Crippen LogP) is 8.23. The Balaban J connectivity index is 1.42. The maximum atomic E-state index is 12.7. The SMILES string of the molecule is C=CCCCCCC1CCC(C(=O)Oc2ccc(C=CC(=O)OCC(CCCC)c3cc(N)cc(N)c3)cc2)CC1. The van der Waals surface area contributed by atoms with Gasteiger partial charge in [0.15, 0.2) is 0 Å². The molecule has 0 aromatic heterocycles. The normalized spacial score (nSPS) is 17.7. The first-order chi connectivity index (χ1) is 19.9. The van der Waals surface area contributed by atoms with Crippen LogP contribution in [0.5, 0.6) is 5.75 Å². The van der Waals surface area contributed by atoms with Crippen molar-refractivity contribution in [2.24, 2.45) is 11.8 Å². The van der Waals surface area contributed by atoms with Crippen molar-refractivity contribution in [3.05, 3.63) is 72.3 Å². The predicted molar refractivity (Wildman–Crippen MR) is 168 cm³/mol. The number of carbonyl (C=O) groups excluding carboxylic acids is 2. The number of esters is 2. The van der Waals surface area contributed by atoms with Gasteiger partial charge in [-0.05, 0) is 98.4 Å². The third-order valence-electron chi connectivity index (χ3n) is 8.02. The molecule has 0 bridgehead atoms. The van der Waals surface area contributed by atoms with Gasteiger partial charge >= 0.3 is 11.9 Å². The Hall–Kier alpha value is -3.54. The van der Waals surface area contributed by atoms with Crippen molar-refractivity contribution in [3.8, 4) is 5.75 Å². The molecule has 4 N–H and O–H groups in total. The number of unbranched alkanes of at least 4 members (excludes halogenated alkanes) is 4. The highest BCUT2D eigenvalue weighted by Crippen LogP contribution is 2.33. The lowest BCUT2D eigenvalue weighted by Gasteiger charge is -2.27. The maximum Gasteiger partial charge on any atom is 0.330 e. The highest BCUT2D eigenvalue weighted by atomic mass is 16.5. The second-order valence-electron chi connectivity index (χ2n) is 11.4. The van der Waals surface area contributed by atoms with Gasteiger partial charge in [-0.3, -0.25) is 4.79 Å². The molecule has 0 saturated heterocycles. The van der Waals surface area contributed by atoms with Crippen molar-refractivity contribution in [1.82, 2.24) is 0 Å². The second-order valence-corrected chi connectivity index (χ2v) is 11.4. The average molecular weight is 561 g/mol. The fourth-order valence-corrected chi connectivity index (χ4v) is 5.56. The minimum atomic E-state index is -0.411. The van der Waals surface area contributed by atoms with Crippen molar-refractivity contribution in [3.63, 3.8) is 0 Å². The number of hydrogen-bond donors (Lipinski definition) is 2. The number of nitrogens with two attached hydrogens (primary N) is 2. The van der Waals surface area contributed by atoms with Crippen molar-refractivity contribution in [2.75, 3.05) is 18.1 Å². The minimum absolute atomic E-state index is 0.0220. The van der Waals surface area contributed by atoms with E-state index in [0.29, 0.717) is 17.1 Å². The first-order valence-corrected chi connectivity index (χ1v) is 15.3. The summed E-state index contributed by atoms with van der Waals surface area (Å²) in [6, 6.07) is 12.7. The van der Waals surface area contributed by atoms with E-state index >= 15 is 0 Å². The molecule has 0 heterocycles. The molecule has 6 heteroatoms. The van der Waals surface area contributed by atoms with E-state index in [1.165, 1.54) is 31.8 Å². The molecule has 41 heavy (non-hydrogen) atoms. The smallest absolute Gasteiger partial charge is 0.330 e. The molecular weight excluding hydrogens is 512 g/mol. The first-order valence-electron chi connectivity index (χ1n) is 15.3. The third kappa shape index (κ3) is 11.5. The second kappa shape index (κ2) is 17.3. The lowest BCUT2D eigenvalue weighted by atomic mass is 9.80. The van der Waals surface area contributed by atoms with Crippen molar-refractivity contribution in [1.29, 1.82) is 0 Å². The molecule has 1 aliphatic carbocycles. The Kier molecular flexibility index (Phi) is 13.5. The number of anilines is 2. The van der Waals surface area contributed by atoms with E-state index < -0.39 is 5.97 Å². The van der Waals surface area contributed by atoms with Crippen molar-refractivity contribution < 1.29 is 19.1 Å². The summed E-state index contributed by atoms with van der Waals surface area (Å²) in [6.07, 6.45) is 18.2. The number of hydrogen-bond acceptors (Lipinski definition) is 6. The van der Waals surface area contributed by atoms with Crippen LogP contribution in [0, 0.1) is 11.8 Å². The highest BCUT2D eigenvalue weighted by Gasteiger charge is 2.27. The van der Waals surface area contributed by atoms with Crippen molar-refractivity contribution in [2.45, 2.75) is 89.9 Å². The molecule has 0 spiro atoms. The number of allylic oxidation sites excluding steroid dienone is 1. The van der Waals surface area contributed by atoms with Gasteiger partial charge < -0.3 is 20.9 Å². The summed E-state index contributed by atoms with van der Waals surface area (Å²) >= 11 is 0. The molecule has 6 nitrogen and oxygen atoms in total. The maximum absolute atomic E-state index is 12.7. The zero-order valence-electron chi connectivity index (χ0n) is 24.7. The summed E-state index contributed by atoms with van der Waals surface area (Å²) in [7, 11) is 0. The number of ether oxygens (including phenoxy) is 2. The molecule has 1 fully saturated rings. The van der Waals surface area contributed by atoms with Crippen LogP contribution in [-0.2, 0) is 14.3 Å². The van der Waals surface area contributed by atoms with Gasteiger partial charge in [-0.15, -0.1) is 6.58 Å². The van der Waals surface area contributed by atoms with E-state index in [-0.39, 0.29) is 24.4 Å². The van der Waals surface area contributed by atoms with E-state index in [9.17, 15) is 9.59 Å². The van der Waals surface area contributed by atoms with Gasteiger partial charge in [0.2, 0.25) is 0 Å². The van der Waals surface area contributed by atoms with Gasteiger partial charge in [0, 0.05) is 23.4 Å². The summed E-state index contributed by atoms with van der Waals surface area (Å²) in [5, 5.41) is 0. The zero-order valence-corrected chi connectivity index (χ0v) is 24.7. The average Bonchev–Trinajstić information content (AvgIpc) is 2.96. The van der Waals surface area contributed by atoms with Crippen LogP contribution in [0.4, 0.5) is 11.4 Å². The van der Waals surface area contributed by atoms with Gasteiger partial charge in [0.25, 0.3) is 0 Å². The standard InChI is InChI=1S/C35H48N2O4/c1-3-5-7-8-9-10-26-12-17-28(18-13-26)35(39)41-33-19-14-27(15-20-33)16-21-34(38)40-25-29(11-6-4-2)30-22-31(36)24-32(37)23-30/h3,14-16,19-24,26,28-29H,1,4-13,17-18,25,36-37H2,2H3. The quantitative estimate of drug-likeness (QED) is 0.0535. The van der Waals surface area contributed by atoms with E-state index in [0.717, 1.165) is 68.4 Å². The zero-order chi connectivity index (χ0) is 29.5. The van der Waals surface area contributed by atoms with Crippen LogP contribution < -0.4 is 16.2 Å². The molecule has 1 aliphatic rings. The van der Waals surface area contributed by atoms with Gasteiger partial charge in [0.05, 0.1) is 12.5 Å². The highest BCUT2D eigenvalue weighted by molar-refractivity contribution is 5.87. The topological polar surface area (TPSA) is 105 Å². The molecule has 0 amide bonds. The molecule has 1 saturated carbocycles. The van der Waals surface area contributed by atoms with E-state index in [4.69, 9.17) is 20.9 Å². The molecule has 3 rings (SSSR count). The number of rotatable bonds is 16. The van der Waals surface area contributed by atoms with Crippen LogP contribution in [0.2, 0.25) is 0 Å². The lowest BCUT2D eigenvalue weighted by molar-refractivity contribution is -0.140. The first kappa shape index (κ1) is 32.0. The van der Waals surface area contributed by atoms with Crippen LogP contribution in [0.1, 0.15) is 101 Å². The summed E-state index contributed by atoms with van der Waals surface area (Å²) < 4.78 is 11.2. The molecule has 222 valence electrons. The molecule has 0 aliphatic heterocycles. The van der Waals surface area contributed by atoms with Crippen LogP contribution in [0.3, 0.4) is 0 Å². The number of benzene rings is 2. The fourth-order valence-electron chi connectivity index (χ4n) is 5.56. The summed E-state index contributed by atoms with van der Waals surface area (Å²) in [6.45, 7) is 6.18. The van der Waals surface area contributed by atoms with E-state index in [1.807, 2.05) is 30.3 Å². The Morgan fingerprint density at radius 1 is 0.976 bits per heavy atom. The Labute approximate surface area is 246 Å². The Morgan fingerprint density at radius 2 is 1.68 bits per heavy atom. The molecule has 0 radical (unpaired) electrons. The molecule has 1 atom stereocenters. The monoisotopic (exact) mass is 560 g/mol. The molecule has 2 aromatic rings. The summed E-state index contributed by atoms with van der Waals surface area (Å²) in [5.41, 5.74) is 15.0. The summed E-state index contributed by atoms with van der Waals surface area (Å²) in [4.78, 5) is 25.2. The number of carbonyl (C=O) groups is 2. The number of nitrogen functional groups attached to an aromatic ring is 2. The van der Waals surface area contributed by atoms with Crippen LogP contribution in [-0.4, -0.2) is 18.5 Å². The van der Waals surface area contributed by atoms with E-state index in [1.54, 1.807) is 24.3 Å². The van der Waals surface area contributed by atoms with Crippen LogP contribution in [0.15, 0.2) is 61.2 Å². The Morgan fingerprint density at radius 3 is 2.34 bits per heavy atom. The molecule has 1 unspecified atom stereocenters. The molecule has 2 aromatic carbocycles. The lowest BCUT2D eigenvalue weighted by Crippen LogP contribution is -2.25. The molecular formula is C35H48N2O4. The van der Waals surface area contributed by atoms with E-state index in [2.05, 4.69) is 13.5 Å². The van der Waals surface area contributed by atoms with Crippen LogP contribution >= 0.6 is 0 Å². The van der Waals surface area contributed by atoms with Gasteiger partial charge in [-0.2, -0.15) is 0 Å². The summed E-state index contributed by atoms with van der Waals surface area (Å²) in [5.74, 6) is 0.728. The Bertz CT molecular complexity index is 1110. The van der Waals surface area contributed by atoms with Crippen molar-refractivity contribution >= 4 is 29.4 Å². The van der Waals surface area contributed by atoms with Gasteiger partial charge in [0.1, 0.15) is 5.75 Å². The van der Waals surface area contributed by atoms with Crippen LogP contribution in [0.25, 0.3) is 6.08 Å². The van der Waals surface area contributed by atoms with Gasteiger partial charge in [-0.25, -0.2) is 4.79 Å².